The SMILES string of the molecule is C[C@H](CN[C@@H](Cc1ccsc1)c1nccs1)Cc1ccc2c(c1)OCO2. The summed E-state index contributed by atoms with van der Waals surface area (Å²) in [6, 6.07) is 8.70. The van der Waals surface area contributed by atoms with E-state index in [1.165, 1.54) is 11.1 Å². The van der Waals surface area contributed by atoms with Crippen LogP contribution in [0.25, 0.3) is 0 Å². The number of ether oxygens (including phenoxy) is 2. The van der Waals surface area contributed by atoms with E-state index < -0.39 is 0 Å². The lowest BCUT2D eigenvalue weighted by molar-refractivity contribution is 0.174. The van der Waals surface area contributed by atoms with Gasteiger partial charge in [0.2, 0.25) is 6.79 Å². The molecule has 1 N–H and O–H groups in total. The van der Waals surface area contributed by atoms with Crippen LogP contribution in [0.4, 0.5) is 0 Å². The van der Waals surface area contributed by atoms with Gasteiger partial charge in [0, 0.05) is 11.6 Å². The van der Waals surface area contributed by atoms with Gasteiger partial charge in [-0.2, -0.15) is 11.3 Å². The van der Waals surface area contributed by atoms with Gasteiger partial charge < -0.3 is 14.8 Å². The average Bonchev–Trinajstić information content (AvgIpc) is 3.40. The molecule has 0 fully saturated rings. The molecule has 0 aliphatic carbocycles. The number of nitrogens with one attached hydrogen (secondary N) is 1. The maximum absolute atomic E-state index is 5.48. The molecule has 3 heterocycles. The number of rotatable bonds is 8. The van der Waals surface area contributed by atoms with E-state index in [9.17, 15) is 0 Å². The standard InChI is InChI=1S/C20H22N2O2S2/c1-14(8-15-2-3-18-19(10-15)24-13-23-18)11-22-17(20-21-5-7-26-20)9-16-4-6-25-12-16/h2-7,10,12,14,17,22H,8-9,11,13H2,1H3/t14-,17-/m0/s1. The van der Waals surface area contributed by atoms with E-state index in [4.69, 9.17) is 9.47 Å². The molecule has 2 aromatic heterocycles. The monoisotopic (exact) mass is 386 g/mol. The summed E-state index contributed by atoms with van der Waals surface area (Å²) in [5.74, 6) is 2.22. The van der Waals surface area contributed by atoms with Gasteiger partial charge in [-0.3, -0.25) is 0 Å². The summed E-state index contributed by atoms with van der Waals surface area (Å²) in [6.45, 7) is 3.55. The van der Waals surface area contributed by atoms with Crippen LogP contribution in [0.5, 0.6) is 11.5 Å². The summed E-state index contributed by atoms with van der Waals surface area (Å²) in [5.41, 5.74) is 2.65. The molecule has 4 nitrogen and oxygen atoms in total. The van der Waals surface area contributed by atoms with Crippen molar-refractivity contribution >= 4 is 22.7 Å². The van der Waals surface area contributed by atoms with Crippen molar-refractivity contribution < 1.29 is 9.47 Å². The van der Waals surface area contributed by atoms with Crippen molar-refractivity contribution in [1.29, 1.82) is 0 Å². The second-order valence-electron chi connectivity index (χ2n) is 6.66. The van der Waals surface area contributed by atoms with Crippen LogP contribution in [0.3, 0.4) is 0 Å². The van der Waals surface area contributed by atoms with Crippen molar-refractivity contribution in [3.8, 4) is 11.5 Å². The number of benzene rings is 1. The minimum Gasteiger partial charge on any atom is -0.454 e. The van der Waals surface area contributed by atoms with Crippen LogP contribution in [-0.2, 0) is 12.8 Å². The van der Waals surface area contributed by atoms with Gasteiger partial charge in [-0.15, -0.1) is 11.3 Å². The molecule has 0 amide bonds. The first-order valence-electron chi connectivity index (χ1n) is 8.80. The first kappa shape index (κ1) is 17.5. The predicted octanol–water partition coefficient (Wildman–Crippen LogP) is 4.69. The van der Waals surface area contributed by atoms with Gasteiger partial charge in [0.05, 0.1) is 6.04 Å². The van der Waals surface area contributed by atoms with Crippen molar-refractivity contribution in [1.82, 2.24) is 10.3 Å². The maximum Gasteiger partial charge on any atom is 0.231 e. The van der Waals surface area contributed by atoms with Crippen LogP contribution in [0, 0.1) is 5.92 Å². The molecule has 26 heavy (non-hydrogen) atoms. The lowest BCUT2D eigenvalue weighted by Gasteiger charge is -2.19. The normalized spacial score (nSPS) is 15.1. The molecular formula is C20H22N2O2S2. The Morgan fingerprint density at radius 3 is 2.85 bits per heavy atom. The Hall–Kier alpha value is -1.89. The predicted molar refractivity (Wildman–Crippen MR) is 106 cm³/mol. The highest BCUT2D eigenvalue weighted by molar-refractivity contribution is 7.09. The van der Waals surface area contributed by atoms with Gasteiger partial charge >= 0.3 is 0 Å². The zero-order chi connectivity index (χ0) is 17.8. The number of hydrogen-bond donors (Lipinski definition) is 1. The minimum absolute atomic E-state index is 0.267. The molecule has 136 valence electrons. The van der Waals surface area contributed by atoms with Crippen molar-refractivity contribution in [2.24, 2.45) is 5.92 Å². The van der Waals surface area contributed by atoms with Crippen molar-refractivity contribution in [3.05, 3.63) is 62.7 Å². The second-order valence-corrected chi connectivity index (χ2v) is 8.37. The molecule has 2 atom stereocenters. The van der Waals surface area contributed by atoms with Crippen LogP contribution >= 0.6 is 22.7 Å². The Balaban J connectivity index is 1.36. The van der Waals surface area contributed by atoms with E-state index in [0.29, 0.717) is 12.7 Å². The fourth-order valence-corrected chi connectivity index (χ4v) is 4.58. The van der Waals surface area contributed by atoms with E-state index in [1.54, 1.807) is 22.7 Å². The van der Waals surface area contributed by atoms with Gasteiger partial charge in [-0.1, -0.05) is 13.0 Å². The highest BCUT2D eigenvalue weighted by Crippen LogP contribution is 2.33. The quantitative estimate of drug-likeness (QED) is 0.610. The fraction of sp³-hybridized carbons (Fsp3) is 0.350. The van der Waals surface area contributed by atoms with Crippen LogP contribution in [0.2, 0.25) is 0 Å². The average molecular weight is 387 g/mol. The summed E-state index contributed by atoms with van der Waals surface area (Å²) in [6.07, 6.45) is 3.87. The molecular weight excluding hydrogens is 364 g/mol. The number of aromatic nitrogens is 1. The fourth-order valence-electron chi connectivity index (χ4n) is 3.18. The van der Waals surface area contributed by atoms with E-state index in [1.807, 2.05) is 17.6 Å². The number of fused-ring (bicyclic) bond motifs is 1. The molecule has 0 spiro atoms. The Bertz CT molecular complexity index is 818. The van der Waals surface area contributed by atoms with Crippen LogP contribution in [0.1, 0.15) is 29.1 Å². The molecule has 1 aliphatic rings. The largest absolute Gasteiger partial charge is 0.454 e. The third-order valence-electron chi connectivity index (χ3n) is 4.50. The van der Waals surface area contributed by atoms with Crippen LogP contribution in [0.15, 0.2) is 46.6 Å². The Kier molecular flexibility index (Phi) is 5.53. The van der Waals surface area contributed by atoms with Gasteiger partial charge in [-0.05, 0) is 65.4 Å². The van der Waals surface area contributed by atoms with Gasteiger partial charge in [0.1, 0.15) is 5.01 Å². The van der Waals surface area contributed by atoms with Crippen LogP contribution in [-0.4, -0.2) is 18.3 Å². The van der Waals surface area contributed by atoms with Crippen LogP contribution < -0.4 is 14.8 Å². The number of hydrogen-bond acceptors (Lipinski definition) is 6. The summed E-state index contributed by atoms with van der Waals surface area (Å²) in [7, 11) is 0. The Morgan fingerprint density at radius 2 is 2.04 bits per heavy atom. The van der Waals surface area contributed by atoms with Crippen molar-refractivity contribution in [2.45, 2.75) is 25.8 Å². The van der Waals surface area contributed by atoms with E-state index in [-0.39, 0.29) is 6.04 Å². The molecule has 0 radical (unpaired) electrons. The van der Waals surface area contributed by atoms with E-state index in [0.717, 1.165) is 35.9 Å². The third kappa shape index (κ3) is 4.26. The first-order chi connectivity index (χ1) is 12.8. The summed E-state index contributed by atoms with van der Waals surface area (Å²) in [4.78, 5) is 4.53. The number of thiazole rings is 1. The smallest absolute Gasteiger partial charge is 0.231 e. The summed E-state index contributed by atoms with van der Waals surface area (Å²) in [5, 5.41) is 11.3. The number of nitrogens with zero attached hydrogens (tertiary/aromatic N) is 1. The second kappa shape index (κ2) is 8.20. The Labute approximate surface area is 161 Å². The topological polar surface area (TPSA) is 43.4 Å². The molecule has 3 aromatic rings. The first-order valence-corrected chi connectivity index (χ1v) is 10.6. The maximum atomic E-state index is 5.48. The minimum atomic E-state index is 0.267. The third-order valence-corrected chi connectivity index (χ3v) is 6.12. The highest BCUT2D eigenvalue weighted by Gasteiger charge is 2.17. The molecule has 1 aliphatic heterocycles. The molecule has 0 saturated carbocycles. The van der Waals surface area contributed by atoms with Crippen molar-refractivity contribution in [2.75, 3.05) is 13.3 Å². The lowest BCUT2D eigenvalue weighted by Crippen LogP contribution is -2.28. The zero-order valence-corrected chi connectivity index (χ0v) is 16.3. The van der Waals surface area contributed by atoms with Gasteiger partial charge in [-0.25, -0.2) is 4.98 Å². The number of thiophene rings is 1. The molecule has 0 saturated heterocycles. The van der Waals surface area contributed by atoms with Gasteiger partial charge in [0.25, 0.3) is 0 Å². The van der Waals surface area contributed by atoms with E-state index >= 15 is 0 Å². The van der Waals surface area contributed by atoms with Crippen molar-refractivity contribution in [3.63, 3.8) is 0 Å². The summed E-state index contributed by atoms with van der Waals surface area (Å²) < 4.78 is 10.9. The van der Waals surface area contributed by atoms with E-state index in [2.05, 4.69) is 46.2 Å². The molecule has 0 bridgehead atoms. The molecule has 1 aromatic carbocycles. The molecule has 0 unspecified atom stereocenters. The summed E-state index contributed by atoms with van der Waals surface area (Å²) >= 11 is 3.47. The Morgan fingerprint density at radius 1 is 1.12 bits per heavy atom. The highest BCUT2D eigenvalue weighted by atomic mass is 32.1. The molecule has 6 heteroatoms. The molecule has 4 rings (SSSR count). The zero-order valence-electron chi connectivity index (χ0n) is 14.7. The lowest BCUT2D eigenvalue weighted by atomic mass is 10.00. The van der Waals surface area contributed by atoms with Gasteiger partial charge in [0.15, 0.2) is 11.5 Å².